The Morgan fingerprint density at radius 1 is 1.24 bits per heavy atom. The number of carboxylic acid groups (broad SMARTS) is 1. The van der Waals surface area contributed by atoms with Gasteiger partial charge in [-0.1, -0.05) is 31.9 Å². The Balaban J connectivity index is 2.66. The minimum absolute atomic E-state index is 0.154. The lowest BCUT2D eigenvalue weighted by Crippen LogP contribution is -2.44. The third kappa shape index (κ3) is 8.98. The van der Waals surface area contributed by atoms with Gasteiger partial charge in [0.2, 0.25) is 0 Å². The van der Waals surface area contributed by atoms with Crippen molar-refractivity contribution in [3.63, 3.8) is 0 Å². The van der Waals surface area contributed by atoms with Crippen LogP contribution in [0.2, 0.25) is 0 Å². The molecule has 1 unspecified atom stereocenters. The molecule has 0 radical (unpaired) electrons. The normalized spacial score (nSPS) is 12.3. The molecule has 0 bridgehead atoms. The summed E-state index contributed by atoms with van der Waals surface area (Å²) in [5.74, 6) is -0.407. The second-order valence-electron chi connectivity index (χ2n) is 6.94. The fraction of sp³-hybridized carbons (Fsp3) is 0.579. The van der Waals surface area contributed by atoms with E-state index in [4.69, 9.17) is 9.47 Å². The summed E-state index contributed by atoms with van der Waals surface area (Å²) in [6, 6.07) is 6.21. The SMILES string of the molecule is CCCCCOc1cccc(CC(NC(=O)OC(C)(C)C)C(=O)O)c1. The van der Waals surface area contributed by atoms with Crippen molar-refractivity contribution in [2.75, 3.05) is 6.61 Å². The minimum atomic E-state index is -1.11. The summed E-state index contributed by atoms with van der Waals surface area (Å²) >= 11 is 0. The number of nitrogens with one attached hydrogen (secondary N) is 1. The number of hydrogen-bond donors (Lipinski definition) is 2. The van der Waals surface area contributed by atoms with Crippen LogP contribution in [-0.2, 0) is 16.0 Å². The van der Waals surface area contributed by atoms with Crippen LogP contribution in [0.3, 0.4) is 0 Å². The van der Waals surface area contributed by atoms with Crippen molar-refractivity contribution in [2.24, 2.45) is 0 Å². The summed E-state index contributed by atoms with van der Waals surface area (Å²) in [4.78, 5) is 23.2. The summed E-state index contributed by atoms with van der Waals surface area (Å²) in [5.41, 5.74) is 0.0933. The Bertz CT molecular complexity index is 565. The maximum Gasteiger partial charge on any atom is 0.408 e. The van der Waals surface area contributed by atoms with Crippen LogP contribution >= 0.6 is 0 Å². The summed E-state index contributed by atoms with van der Waals surface area (Å²) < 4.78 is 10.8. The van der Waals surface area contributed by atoms with Crippen LogP contribution in [0.5, 0.6) is 5.75 Å². The maximum absolute atomic E-state index is 11.8. The molecule has 1 rings (SSSR count). The van der Waals surface area contributed by atoms with E-state index in [1.54, 1.807) is 26.8 Å². The topological polar surface area (TPSA) is 84.9 Å². The number of alkyl carbamates (subject to hydrolysis) is 1. The number of carbonyl (C=O) groups is 2. The molecular weight excluding hydrogens is 322 g/mol. The van der Waals surface area contributed by atoms with Crippen molar-refractivity contribution < 1.29 is 24.2 Å². The number of amides is 1. The van der Waals surface area contributed by atoms with E-state index < -0.39 is 23.7 Å². The van der Waals surface area contributed by atoms with Gasteiger partial charge < -0.3 is 19.9 Å². The largest absolute Gasteiger partial charge is 0.494 e. The molecule has 1 atom stereocenters. The van der Waals surface area contributed by atoms with Gasteiger partial charge in [-0.25, -0.2) is 9.59 Å². The number of carboxylic acids is 1. The van der Waals surface area contributed by atoms with E-state index in [9.17, 15) is 14.7 Å². The van der Waals surface area contributed by atoms with E-state index in [2.05, 4.69) is 12.2 Å². The molecule has 0 aliphatic carbocycles. The van der Waals surface area contributed by atoms with E-state index in [1.807, 2.05) is 18.2 Å². The van der Waals surface area contributed by atoms with Crippen LogP contribution in [0.15, 0.2) is 24.3 Å². The maximum atomic E-state index is 11.8. The summed E-state index contributed by atoms with van der Waals surface area (Å²) in [7, 11) is 0. The average Bonchev–Trinajstić information content (AvgIpc) is 2.49. The van der Waals surface area contributed by atoms with Gasteiger partial charge in [-0.15, -0.1) is 0 Å². The average molecular weight is 351 g/mol. The zero-order valence-electron chi connectivity index (χ0n) is 15.5. The Labute approximate surface area is 149 Å². The first-order valence-corrected chi connectivity index (χ1v) is 8.65. The molecule has 0 aliphatic heterocycles. The number of hydrogen-bond acceptors (Lipinski definition) is 4. The summed E-state index contributed by atoms with van der Waals surface area (Å²) in [6.45, 7) is 7.94. The molecule has 6 heteroatoms. The number of carbonyl (C=O) groups excluding carboxylic acids is 1. The first-order valence-electron chi connectivity index (χ1n) is 8.65. The highest BCUT2D eigenvalue weighted by Crippen LogP contribution is 2.16. The highest BCUT2D eigenvalue weighted by Gasteiger charge is 2.24. The van der Waals surface area contributed by atoms with Gasteiger partial charge >= 0.3 is 12.1 Å². The molecular formula is C19H29NO5. The molecule has 0 fully saturated rings. The van der Waals surface area contributed by atoms with Crippen LogP contribution in [0.25, 0.3) is 0 Å². The third-order valence-electron chi connectivity index (χ3n) is 3.34. The number of aliphatic carboxylic acids is 1. The minimum Gasteiger partial charge on any atom is -0.494 e. The van der Waals surface area contributed by atoms with Crippen LogP contribution in [-0.4, -0.2) is 35.4 Å². The number of benzene rings is 1. The predicted octanol–water partition coefficient (Wildman–Crippen LogP) is 3.78. The monoisotopic (exact) mass is 351 g/mol. The van der Waals surface area contributed by atoms with Gasteiger partial charge in [0.15, 0.2) is 0 Å². The van der Waals surface area contributed by atoms with Crippen molar-refractivity contribution in [1.82, 2.24) is 5.32 Å². The molecule has 0 aromatic heterocycles. The second kappa shape index (κ2) is 9.91. The van der Waals surface area contributed by atoms with Crippen LogP contribution < -0.4 is 10.1 Å². The molecule has 0 aliphatic rings. The quantitative estimate of drug-likeness (QED) is 0.662. The van der Waals surface area contributed by atoms with Gasteiger partial charge in [0.05, 0.1) is 6.61 Å². The van der Waals surface area contributed by atoms with E-state index in [0.717, 1.165) is 24.8 Å². The molecule has 0 spiro atoms. The van der Waals surface area contributed by atoms with Crippen molar-refractivity contribution >= 4 is 12.1 Å². The Morgan fingerprint density at radius 2 is 1.96 bits per heavy atom. The van der Waals surface area contributed by atoms with Crippen molar-refractivity contribution in [3.05, 3.63) is 29.8 Å². The van der Waals surface area contributed by atoms with Gasteiger partial charge in [0, 0.05) is 6.42 Å². The van der Waals surface area contributed by atoms with E-state index in [0.29, 0.717) is 12.4 Å². The fourth-order valence-electron chi connectivity index (χ4n) is 2.19. The van der Waals surface area contributed by atoms with Gasteiger partial charge in [0.25, 0.3) is 0 Å². The van der Waals surface area contributed by atoms with Gasteiger partial charge in [0.1, 0.15) is 17.4 Å². The predicted molar refractivity (Wildman–Crippen MR) is 96.0 cm³/mol. The molecule has 0 saturated carbocycles. The van der Waals surface area contributed by atoms with Crippen LogP contribution in [0.4, 0.5) is 4.79 Å². The lowest BCUT2D eigenvalue weighted by molar-refractivity contribution is -0.139. The zero-order valence-corrected chi connectivity index (χ0v) is 15.5. The second-order valence-corrected chi connectivity index (χ2v) is 6.94. The molecule has 2 N–H and O–H groups in total. The number of ether oxygens (including phenoxy) is 2. The van der Waals surface area contributed by atoms with E-state index in [1.165, 1.54) is 0 Å². The molecule has 1 amide bonds. The van der Waals surface area contributed by atoms with Crippen LogP contribution in [0, 0.1) is 0 Å². The molecule has 140 valence electrons. The van der Waals surface area contributed by atoms with Crippen LogP contribution in [0.1, 0.15) is 52.5 Å². The van der Waals surface area contributed by atoms with Gasteiger partial charge in [-0.3, -0.25) is 0 Å². The summed E-state index contributed by atoms with van der Waals surface area (Å²) in [6.07, 6.45) is 2.63. The Morgan fingerprint density at radius 3 is 2.56 bits per heavy atom. The highest BCUT2D eigenvalue weighted by atomic mass is 16.6. The Kier molecular flexibility index (Phi) is 8.25. The van der Waals surface area contributed by atoms with E-state index in [-0.39, 0.29) is 6.42 Å². The lowest BCUT2D eigenvalue weighted by atomic mass is 10.1. The van der Waals surface area contributed by atoms with Crippen molar-refractivity contribution in [3.8, 4) is 5.75 Å². The Hall–Kier alpha value is -2.24. The fourth-order valence-corrected chi connectivity index (χ4v) is 2.19. The molecule has 25 heavy (non-hydrogen) atoms. The third-order valence-corrected chi connectivity index (χ3v) is 3.34. The van der Waals surface area contributed by atoms with Crippen molar-refractivity contribution in [1.29, 1.82) is 0 Å². The first-order chi connectivity index (χ1) is 11.7. The molecule has 0 heterocycles. The smallest absolute Gasteiger partial charge is 0.408 e. The zero-order chi connectivity index (χ0) is 18.9. The molecule has 1 aromatic rings. The first kappa shape index (κ1) is 20.8. The summed E-state index contributed by atoms with van der Waals surface area (Å²) in [5, 5.41) is 11.7. The molecule has 0 saturated heterocycles. The lowest BCUT2D eigenvalue weighted by Gasteiger charge is -2.22. The molecule has 6 nitrogen and oxygen atoms in total. The number of rotatable bonds is 9. The van der Waals surface area contributed by atoms with Crippen molar-refractivity contribution in [2.45, 2.75) is 65.0 Å². The highest BCUT2D eigenvalue weighted by molar-refractivity contribution is 5.80. The van der Waals surface area contributed by atoms with Gasteiger partial charge in [-0.2, -0.15) is 0 Å². The standard InChI is InChI=1S/C19H29NO5/c1-5-6-7-11-24-15-10-8-9-14(12-15)13-16(17(21)22)20-18(23)25-19(2,3)4/h8-10,12,16H,5-7,11,13H2,1-4H3,(H,20,23)(H,21,22). The van der Waals surface area contributed by atoms with Gasteiger partial charge in [-0.05, 0) is 44.9 Å². The molecule has 1 aromatic carbocycles. The van der Waals surface area contributed by atoms with E-state index >= 15 is 0 Å². The number of unbranched alkanes of at least 4 members (excludes halogenated alkanes) is 2.